The molecule has 0 aliphatic rings. The third-order valence-electron chi connectivity index (χ3n) is 2.28. The number of aryl methyl sites for hydroxylation is 1. The second kappa shape index (κ2) is 4.93. The molecule has 0 saturated carbocycles. The van der Waals surface area contributed by atoms with E-state index < -0.39 is 0 Å². The second-order valence-corrected chi connectivity index (χ2v) is 5.54. The molecule has 0 N–H and O–H groups in total. The molecule has 0 radical (unpaired) electrons. The van der Waals surface area contributed by atoms with Gasteiger partial charge in [0.25, 0.3) is 0 Å². The van der Waals surface area contributed by atoms with Crippen LogP contribution in [0.4, 0.5) is 0 Å². The first-order valence-corrected chi connectivity index (χ1v) is 6.65. The molecule has 3 heteroatoms. The van der Waals surface area contributed by atoms with E-state index >= 15 is 0 Å². The number of rotatable bonds is 3. The normalized spacial score (nSPS) is 10.4. The lowest BCUT2D eigenvalue weighted by Gasteiger charge is -1.99. The molecule has 1 heterocycles. The maximum absolute atomic E-state index is 11.9. The van der Waals surface area contributed by atoms with Gasteiger partial charge in [-0.25, -0.2) is 0 Å². The lowest BCUT2D eigenvalue weighted by molar-refractivity contribution is 0.0997. The number of carbonyl (C=O) groups excluding carboxylic acids is 1. The summed E-state index contributed by atoms with van der Waals surface area (Å²) in [5.74, 6) is 0.195. The number of carbonyl (C=O) groups is 1. The van der Waals surface area contributed by atoms with Crippen LogP contribution in [0.15, 0.2) is 40.2 Å². The van der Waals surface area contributed by atoms with Gasteiger partial charge >= 0.3 is 0 Å². The first-order valence-electron chi connectivity index (χ1n) is 4.98. The molecule has 0 fully saturated rings. The van der Waals surface area contributed by atoms with Gasteiger partial charge in [-0.3, -0.25) is 4.79 Å². The SMILES string of the molecule is Cc1csc(C(=O)Cc2ccc(Br)cc2)c1. The molecule has 0 amide bonds. The number of benzene rings is 1. The molecule has 0 aliphatic heterocycles. The zero-order valence-electron chi connectivity index (χ0n) is 8.87. The van der Waals surface area contributed by atoms with Crippen molar-refractivity contribution in [2.75, 3.05) is 0 Å². The third-order valence-corrected chi connectivity index (χ3v) is 3.90. The van der Waals surface area contributed by atoms with Gasteiger partial charge in [-0.15, -0.1) is 11.3 Å². The highest BCUT2D eigenvalue weighted by Gasteiger charge is 2.08. The van der Waals surface area contributed by atoms with Crippen molar-refractivity contribution in [1.82, 2.24) is 0 Å². The number of halogens is 1. The van der Waals surface area contributed by atoms with Crippen LogP contribution in [-0.2, 0) is 6.42 Å². The van der Waals surface area contributed by atoms with Crippen molar-refractivity contribution in [3.63, 3.8) is 0 Å². The maximum atomic E-state index is 11.9. The quantitative estimate of drug-likeness (QED) is 0.774. The van der Waals surface area contributed by atoms with Crippen LogP contribution in [-0.4, -0.2) is 5.78 Å². The Morgan fingerprint density at radius 2 is 2.00 bits per heavy atom. The van der Waals surface area contributed by atoms with E-state index in [1.807, 2.05) is 42.6 Å². The zero-order chi connectivity index (χ0) is 11.5. The smallest absolute Gasteiger partial charge is 0.177 e. The van der Waals surface area contributed by atoms with E-state index in [1.54, 1.807) is 0 Å². The minimum Gasteiger partial charge on any atom is -0.293 e. The Hall–Kier alpha value is -0.930. The molecule has 0 atom stereocenters. The fraction of sp³-hybridized carbons (Fsp3) is 0.154. The van der Waals surface area contributed by atoms with Crippen LogP contribution < -0.4 is 0 Å². The molecule has 1 aromatic carbocycles. The van der Waals surface area contributed by atoms with Gasteiger partial charge in [0.1, 0.15) is 0 Å². The first-order chi connectivity index (χ1) is 7.65. The monoisotopic (exact) mass is 294 g/mol. The summed E-state index contributed by atoms with van der Waals surface area (Å²) in [6.07, 6.45) is 0.479. The Bertz CT molecular complexity index is 499. The van der Waals surface area contributed by atoms with Crippen LogP contribution >= 0.6 is 27.3 Å². The third kappa shape index (κ3) is 2.80. The summed E-state index contributed by atoms with van der Waals surface area (Å²) in [5, 5.41) is 2.01. The minimum absolute atomic E-state index is 0.195. The molecule has 0 unspecified atom stereocenters. The predicted octanol–water partition coefficient (Wildman–Crippen LogP) is 4.24. The highest BCUT2D eigenvalue weighted by Crippen LogP contribution is 2.17. The Morgan fingerprint density at radius 1 is 1.31 bits per heavy atom. The van der Waals surface area contributed by atoms with Crippen molar-refractivity contribution >= 4 is 33.0 Å². The molecule has 1 nitrogen and oxygen atoms in total. The van der Waals surface area contributed by atoms with Crippen LogP contribution in [0.25, 0.3) is 0 Å². The van der Waals surface area contributed by atoms with E-state index in [0.717, 1.165) is 20.5 Å². The molecule has 0 bridgehead atoms. The summed E-state index contributed by atoms with van der Waals surface area (Å²) in [6.45, 7) is 2.01. The first kappa shape index (κ1) is 11.6. The summed E-state index contributed by atoms with van der Waals surface area (Å²) in [5.41, 5.74) is 2.21. The van der Waals surface area contributed by atoms with E-state index in [1.165, 1.54) is 11.3 Å². The van der Waals surface area contributed by atoms with E-state index in [0.29, 0.717) is 6.42 Å². The van der Waals surface area contributed by atoms with Gasteiger partial charge in [-0.1, -0.05) is 28.1 Å². The van der Waals surface area contributed by atoms with Gasteiger partial charge in [0.05, 0.1) is 4.88 Å². The number of hydrogen-bond donors (Lipinski definition) is 0. The van der Waals surface area contributed by atoms with Crippen LogP contribution in [0.5, 0.6) is 0 Å². The molecule has 0 aliphatic carbocycles. The van der Waals surface area contributed by atoms with E-state index in [9.17, 15) is 4.79 Å². The molecule has 2 aromatic rings. The fourth-order valence-corrected chi connectivity index (χ4v) is 2.56. The average molecular weight is 295 g/mol. The lowest BCUT2D eigenvalue weighted by atomic mass is 10.1. The van der Waals surface area contributed by atoms with Crippen LogP contribution in [0.1, 0.15) is 20.8 Å². The summed E-state index contributed by atoms with van der Waals surface area (Å²) >= 11 is 4.90. The molecular formula is C13H11BrOS. The van der Waals surface area contributed by atoms with E-state index in [2.05, 4.69) is 15.9 Å². The van der Waals surface area contributed by atoms with Crippen molar-refractivity contribution in [3.05, 3.63) is 56.2 Å². The molecular weight excluding hydrogens is 284 g/mol. The van der Waals surface area contributed by atoms with Crippen LogP contribution in [0, 0.1) is 6.92 Å². The fourth-order valence-electron chi connectivity index (χ4n) is 1.45. The molecule has 0 saturated heterocycles. The maximum Gasteiger partial charge on any atom is 0.177 e. The van der Waals surface area contributed by atoms with Crippen molar-refractivity contribution in [1.29, 1.82) is 0 Å². The standard InChI is InChI=1S/C13H11BrOS/c1-9-6-13(16-8-9)12(15)7-10-2-4-11(14)5-3-10/h2-6,8H,7H2,1H3. The lowest BCUT2D eigenvalue weighted by Crippen LogP contribution is -2.00. The van der Waals surface area contributed by atoms with E-state index in [-0.39, 0.29) is 5.78 Å². The second-order valence-electron chi connectivity index (χ2n) is 3.71. The van der Waals surface area contributed by atoms with Gasteiger partial charge < -0.3 is 0 Å². The highest BCUT2D eigenvalue weighted by molar-refractivity contribution is 9.10. The van der Waals surface area contributed by atoms with Crippen molar-refractivity contribution in [3.8, 4) is 0 Å². The highest BCUT2D eigenvalue weighted by atomic mass is 79.9. The summed E-state index contributed by atoms with van der Waals surface area (Å²) in [7, 11) is 0. The summed E-state index contributed by atoms with van der Waals surface area (Å²) in [6, 6.07) is 9.82. The molecule has 0 spiro atoms. The minimum atomic E-state index is 0.195. The van der Waals surface area contributed by atoms with Gasteiger partial charge in [0.2, 0.25) is 0 Å². The van der Waals surface area contributed by atoms with Crippen molar-refractivity contribution in [2.45, 2.75) is 13.3 Å². The van der Waals surface area contributed by atoms with Gasteiger partial charge in [0, 0.05) is 10.9 Å². The summed E-state index contributed by atoms with van der Waals surface area (Å²) < 4.78 is 1.04. The van der Waals surface area contributed by atoms with Gasteiger partial charge in [0.15, 0.2) is 5.78 Å². The molecule has 2 rings (SSSR count). The van der Waals surface area contributed by atoms with Crippen molar-refractivity contribution < 1.29 is 4.79 Å². The Balaban J connectivity index is 2.10. The Labute approximate surface area is 107 Å². The molecule has 16 heavy (non-hydrogen) atoms. The topological polar surface area (TPSA) is 17.1 Å². The van der Waals surface area contributed by atoms with Crippen molar-refractivity contribution in [2.24, 2.45) is 0 Å². The Kier molecular flexibility index (Phi) is 3.56. The van der Waals surface area contributed by atoms with E-state index in [4.69, 9.17) is 0 Å². The summed E-state index contributed by atoms with van der Waals surface area (Å²) in [4.78, 5) is 12.8. The average Bonchev–Trinajstić information content (AvgIpc) is 2.68. The number of hydrogen-bond acceptors (Lipinski definition) is 2. The molecule has 82 valence electrons. The zero-order valence-corrected chi connectivity index (χ0v) is 11.3. The largest absolute Gasteiger partial charge is 0.293 e. The van der Waals surface area contributed by atoms with Crippen LogP contribution in [0.3, 0.4) is 0 Å². The Morgan fingerprint density at radius 3 is 2.56 bits per heavy atom. The van der Waals surface area contributed by atoms with Crippen LogP contribution in [0.2, 0.25) is 0 Å². The van der Waals surface area contributed by atoms with Gasteiger partial charge in [-0.2, -0.15) is 0 Å². The number of thiophene rings is 1. The number of Topliss-reactive ketones (excluding diaryl/α,β-unsaturated/α-hetero) is 1. The number of ketones is 1. The molecule has 1 aromatic heterocycles. The van der Waals surface area contributed by atoms with Gasteiger partial charge in [-0.05, 0) is 41.6 Å². The predicted molar refractivity (Wildman–Crippen MR) is 71.2 cm³/mol.